The minimum absolute atomic E-state index is 0.344. The predicted octanol–water partition coefficient (Wildman–Crippen LogP) is 7.78. The Balaban J connectivity index is 0.000000221. The Morgan fingerprint density at radius 3 is 1.60 bits per heavy atom. The molecule has 0 heterocycles. The van der Waals surface area contributed by atoms with Crippen LogP contribution < -0.4 is 4.18 Å². The summed E-state index contributed by atoms with van der Waals surface area (Å²) in [6, 6.07) is 15.1. The molecular weight excluding hydrogens is 456 g/mol. The third-order valence-corrected chi connectivity index (χ3v) is 10.8. The lowest BCUT2D eigenvalue weighted by Crippen LogP contribution is -2.55. The van der Waals surface area contributed by atoms with Gasteiger partial charge in [-0.25, -0.2) is 0 Å². The highest BCUT2D eigenvalue weighted by atomic mass is 32.2. The van der Waals surface area contributed by atoms with Crippen molar-refractivity contribution in [1.82, 2.24) is 0 Å². The van der Waals surface area contributed by atoms with Crippen molar-refractivity contribution >= 4 is 10.1 Å². The fourth-order valence-electron chi connectivity index (χ4n) is 6.68. The quantitative estimate of drug-likeness (QED) is 0.396. The summed E-state index contributed by atoms with van der Waals surface area (Å²) in [5, 5.41) is 9.01. The van der Waals surface area contributed by atoms with Crippen LogP contribution in [0.5, 0.6) is 11.5 Å². The number of phenolic OH excluding ortho intramolecular Hbond substituents is 1. The first-order valence-corrected chi connectivity index (χ1v) is 14.9. The van der Waals surface area contributed by atoms with Gasteiger partial charge in [0, 0.05) is 0 Å². The van der Waals surface area contributed by atoms with Gasteiger partial charge in [-0.2, -0.15) is 8.42 Å². The van der Waals surface area contributed by atoms with E-state index in [0.29, 0.717) is 41.1 Å². The lowest BCUT2D eigenvalue weighted by Gasteiger charge is -2.55. The van der Waals surface area contributed by atoms with E-state index in [4.69, 9.17) is 9.29 Å². The molecule has 4 fully saturated rings. The molecule has 0 radical (unpaired) electrons. The molecule has 0 aliphatic heterocycles. The molecule has 0 aromatic heterocycles. The summed E-state index contributed by atoms with van der Waals surface area (Å²) in [4.78, 5) is 0. The van der Waals surface area contributed by atoms with E-state index in [9.17, 15) is 8.42 Å². The molecule has 4 nitrogen and oxygen atoms in total. The fraction of sp³-hybridized carbons (Fsp3) is 0.600. The fourth-order valence-corrected chi connectivity index (χ4v) is 8.54. The Bertz CT molecular complexity index is 1040. The summed E-state index contributed by atoms with van der Waals surface area (Å²) in [6.07, 6.45) is 8.36. The van der Waals surface area contributed by atoms with Crippen molar-refractivity contribution < 1.29 is 17.7 Å². The maximum absolute atomic E-state index is 13.1. The highest BCUT2D eigenvalue weighted by molar-refractivity contribution is 7.88. The number of phenols is 1. The van der Waals surface area contributed by atoms with Gasteiger partial charge in [0.1, 0.15) is 16.2 Å². The maximum atomic E-state index is 13.1. The lowest BCUT2D eigenvalue weighted by atomic mass is 9.56. The Labute approximate surface area is 212 Å². The number of aromatic hydroxyl groups is 1. The molecule has 2 atom stereocenters. The topological polar surface area (TPSA) is 63.6 Å². The first kappa shape index (κ1) is 26.1. The van der Waals surface area contributed by atoms with Crippen LogP contribution in [0.1, 0.15) is 102 Å². The summed E-state index contributed by atoms with van der Waals surface area (Å²) in [7, 11) is -3.57. The van der Waals surface area contributed by atoms with Crippen LogP contribution in [0.4, 0.5) is 0 Å². The molecule has 0 saturated heterocycles. The van der Waals surface area contributed by atoms with Crippen LogP contribution in [-0.4, -0.2) is 18.3 Å². The average Bonchev–Trinajstić information content (AvgIpc) is 2.83. The first-order chi connectivity index (χ1) is 16.6. The van der Waals surface area contributed by atoms with Gasteiger partial charge in [-0.15, -0.1) is 0 Å². The summed E-state index contributed by atoms with van der Waals surface area (Å²) < 4.78 is 31.2. The monoisotopic (exact) mass is 498 g/mol. The molecule has 4 aliphatic carbocycles. The minimum Gasteiger partial charge on any atom is -0.508 e. The van der Waals surface area contributed by atoms with E-state index >= 15 is 0 Å². The minimum atomic E-state index is -3.57. The van der Waals surface area contributed by atoms with E-state index in [1.54, 1.807) is 12.1 Å². The zero-order valence-corrected chi connectivity index (χ0v) is 22.6. The number of rotatable bonds is 7. The third kappa shape index (κ3) is 5.71. The molecule has 4 bridgehead atoms. The molecule has 6 rings (SSSR count). The van der Waals surface area contributed by atoms with Crippen molar-refractivity contribution in [3.05, 3.63) is 59.7 Å². The summed E-state index contributed by atoms with van der Waals surface area (Å²) in [5.74, 6) is 3.69. The third-order valence-electron chi connectivity index (χ3n) is 8.85. The van der Waals surface area contributed by atoms with Gasteiger partial charge in [0.25, 0.3) is 0 Å². The van der Waals surface area contributed by atoms with Gasteiger partial charge in [-0.3, -0.25) is 0 Å². The van der Waals surface area contributed by atoms with Gasteiger partial charge in [-0.1, -0.05) is 52.0 Å². The Hall–Kier alpha value is -2.01. The molecule has 4 saturated carbocycles. The molecule has 0 spiro atoms. The molecular formula is C30H42O4S. The van der Waals surface area contributed by atoms with Crippen LogP contribution in [0.15, 0.2) is 48.5 Å². The smallest absolute Gasteiger partial charge is 0.315 e. The molecule has 2 aromatic carbocycles. The molecule has 2 unspecified atom stereocenters. The highest BCUT2D eigenvalue weighted by Gasteiger charge is 2.58. The SMILES string of the molecule is CCC(C)c1ccc(O)cc1.CCC(C)c1ccc(OS(=O)(=O)C23CC4CC(CC(C4)C2)C3)cc1. The highest BCUT2D eigenvalue weighted by Crippen LogP contribution is 2.58. The Kier molecular flexibility index (Phi) is 7.85. The Morgan fingerprint density at radius 2 is 1.20 bits per heavy atom. The second kappa shape index (κ2) is 10.5. The maximum Gasteiger partial charge on any atom is 0.315 e. The van der Waals surface area contributed by atoms with Crippen molar-refractivity contribution in [3.63, 3.8) is 0 Å². The second-order valence-electron chi connectivity index (χ2n) is 11.4. The lowest BCUT2D eigenvalue weighted by molar-refractivity contribution is 0.0308. The van der Waals surface area contributed by atoms with Crippen LogP contribution in [0, 0.1) is 17.8 Å². The van der Waals surface area contributed by atoms with Crippen LogP contribution in [0.2, 0.25) is 0 Å². The second-order valence-corrected chi connectivity index (χ2v) is 13.4. The summed E-state index contributed by atoms with van der Waals surface area (Å²) in [5.41, 5.74) is 2.53. The average molecular weight is 499 g/mol. The zero-order chi connectivity index (χ0) is 25.2. The molecule has 2 aromatic rings. The van der Waals surface area contributed by atoms with E-state index in [0.717, 1.165) is 32.1 Å². The van der Waals surface area contributed by atoms with E-state index in [-0.39, 0.29) is 0 Å². The van der Waals surface area contributed by atoms with E-state index in [2.05, 4.69) is 27.7 Å². The summed E-state index contributed by atoms with van der Waals surface area (Å²) >= 11 is 0. The molecule has 4 aliphatic rings. The van der Waals surface area contributed by atoms with Gasteiger partial charge in [-0.05, 0) is 116 Å². The zero-order valence-electron chi connectivity index (χ0n) is 21.7. The largest absolute Gasteiger partial charge is 0.508 e. The molecule has 5 heteroatoms. The number of benzene rings is 2. The van der Waals surface area contributed by atoms with Gasteiger partial charge in [0.15, 0.2) is 0 Å². The van der Waals surface area contributed by atoms with Crippen molar-refractivity contribution in [2.45, 2.75) is 95.6 Å². The van der Waals surface area contributed by atoms with Crippen molar-refractivity contribution in [2.24, 2.45) is 17.8 Å². The number of hydrogen-bond donors (Lipinski definition) is 1. The number of hydrogen-bond acceptors (Lipinski definition) is 4. The molecule has 1 N–H and O–H groups in total. The van der Waals surface area contributed by atoms with Gasteiger partial charge in [0.2, 0.25) is 0 Å². The van der Waals surface area contributed by atoms with E-state index in [1.165, 1.54) is 30.4 Å². The molecule has 192 valence electrons. The van der Waals surface area contributed by atoms with Crippen LogP contribution in [0.25, 0.3) is 0 Å². The van der Waals surface area contributed by atoms with Crippen molar-refractivity contribution in [3.8, 4) is 11.5 Å². The van der Waals surface area contributed by atoms with Crippen LogP contribution in [-0.2, 0) is 10.1 Å². The standard InChI is InChI=1S/C20H28O3S.C10H14O/c1-3-14(2)18-4-6-19(7-5-18)23-24(21,22)20-11-15-8-16(12-20)10-17(9-15)13-20;1-3-8(2)9-4-6-10(11)7-5-9/h4-7,14-17H,3,8-13H2,1-2H3;4-8,11H,3H2,1-2H3. The van der Waals surface area contributed by atoms with Crippen LogP contribution in [0.3, 0.4) is 0 Å². The first-order valence-electron chi connectivity index (χ1n) is 13.5. The van der Waals surface area contributed by atoms with Gasteiger partial charge < -0.3 is 9.29 Å². The normalized spacial score (nSPS) is 28.6. The molecule has 0 amide bonds. The summed E-state index contributed by atoms with van der Waals surface area (Å²) in [6.45, 7) is 8.69. The van der Waals surface area contributed by atoms with Gasteiger partial charge >= 0.3 is 10.1 Å². The van der Waals surface area contributed by atoms with Crippen molar-refractivity contribution in [2.75, 3.05) is 0 Å². The Morgan fingerprint density at radius 1 is 0.800 bits per heavy atom. The van der Waals surface area contributed by atoms with E-state index in [1.807, 2.05) is 36.4 Å². The molecule has 35 heavy (non-hydrogen) atoms. The predicted molar refractivity (Wildman–Crippen MR) is 142 cm³/mol. The van der Waals surface area contributed by atoms with Gasteiger partial charge in [0.05, 0.1) is 0 Å². The van der Waals surface area contributed by atoms with Crippen molar-refractivity contribution in [1.29, 1.82) is 0 Å². The van der Waals surface area contributed by atoms with Crippen LogP contribution >= 0.6 is 0 Å². The van der Waals surface area contributed by atoms with E-state index < -0.39 is 14.9 Å².